The molecule has 0 spiro atoms. The highest BCUT2D eigenvalue weighted by atomic mass is 35.6. The van der Waals surface area contributed by atoms with Crippen molar-refractivity contribution in [2.45, 2.75) is 35.0 Å². The largest absolute Gasteiger partial charge is 0.459 e. The van der Waals surface area contributed by atoms with Gasteiger partial charge in [-0.1, -0.05) is 46.9 Å². The second-order valence-corrected chi connectivity index (χ2v) is 8.81. The van der Waals surface area contributed by atoms with Gasteiger partial charge in [-0.25, -0.2) is 4.79 Å². The van der Waals surface area contributed by atoms with Crippen molar-refractivity contribution < 1.29 is 19.1 Å². The molecule has 150 valence electrons. The lowest BCUT2D eigenvalue weighted by Crippen LogP contribution is -2.58. The van der Waals surface area contributed by atoms with Crippen LogP contribution in [0.2, 0.25) is 0 Å². The molecule has 2 N–H and O–H groups in total. The Bertz CT molecular complexity index is 784. The third-order valence-electron chi connectivity index (χ3n) is 4.38. The quantitative estimate of drug-likeness (QED) is 0.284. The number of fused-ring (bicyclic) bond motifs is 1. The van der Waals surface area contributed by atoms with E-state index in [4.69, 9.17) is 45.3 Å². The minimum atomic E-state index is -1.88. The van der Waals surface area contributed by atoms with Crippen LogP contribution in [0.15, 0.2) is 24.3 Å². The van der Waals surface area contributed by atoms with Crippen LogP contribution in [0.1, 0.15) is 46.4 Å². The lowest BCUT2D eigenvalue weighted by molar-refractivity contribution is -0.155. The Morgan fingerprint density at radius 1 is 1.14 bits per heavy atom. The third kappa shape index (κ3) is 4.58. The number of hydrogen-bond acceptors (Lipinski definition) is 6. The van der Waals surface area contributed by atoms with Crippen molar-refractivity contribution in [2.75, 3.05) is 13.2 Å². The molecule has 1 heterocycles. The van der Waals surface area contributed by atoms with Crippen molar-refractivity contribution in [1.29, 1.82) is 5.26 Å². The summed E-state index contributed by atoms with van der Waals surface area (Å²) in [7, 11) is 0. The predicted octanol–water partition coefficient (Wildman–Crippen LogP) is 2.98. The molecular weight excluding hydrogens is 429 g/mol. The number of benzene rings is 1. The van der Waals surface area contributed by atoms with Crippen molar-refractivity contribution in [3.05, 3.63) is 35.4 Å². The molecule has 0 bridgehead atoms. The van der Waals surface area contributed by atoms with E-state index in [-0.39, 0.29) is 17.5 Å². The van der Waals surface area contributed by atoms with Gasteiger partial charge in [0.1, 0.15) is 6.61 Å². The Balaban J connectivity index is 2.48. The number of nitrogens with two attached hydrogens (primary N) is 1. The summed E-state index contributed by atoms with van der Waals surface area (Å²) in [6.07, 6.45) is 0.451. The van der Waals surface area contributed by atoms with E-state index < -0.39 is 40.1 Å². The number of esters is 1. The van der Waals surface area contributed by atoms with Crippen LogP contribution in [-0.4, -0.2) is 45.2 Å². The van der Waals surface area contributed by atoms with Gasteiger partial charge < -0.3 is 10.5 Å². The van der Waals surface area contributed by atoms with Crippen LogP contribution in [0.4, 0.5) is 0 Å². The van der Waals surface area contributed by atoms with Crippen molar-refractivity contribution in [1.82, 2.24) is 4.90 Å². The molecule has 7 nitrogen and oxygen atoms in total. The van der Waals surface area contributed by atoms with Crippen LogP contribution < -0.4 is 5.73 Å². The van der Waals surface area contributed by atoms with Crippen LogP contribution in [0.25, 0.3) is 0 Å². The Morgan fingerprint density at radius 3 is 2.18 bits per heavy atom. The molecule has 0 saturated carbocycles. The number of hydrogen-bond donors (Lipinski definition) is 1. The van der Waals surface area contributed by atoms with E-state index in [1.807, 2.05) is 6.07 Å². The summed E-state index contributed by atoms with van der Waals surface area (Å²) in [5, 5.41) is 9.38. The van der Waals surface area contributed by atoms with Crippen molar-refractivity contribution in [2.24, 2.45) is 5.73 Å². The maximum absolute atomic E-state index is 13.0. The zero-order chi connectivity index (χ0) is 20.9. The molecular formula is C18H18Cl3N3O4. The van der Waals surface area contributed by atoms with Gasteiger partial charge >= 0.3 is 5.97 Å². The summed E-state index contributed by atoms with van der Waals surface area (Å²) in [5.74, 6) is -2.32. The molecule has 2 rings (SSSR count). The number of halogens is 3. The molecule has 0 aliphatic carbocycles. The average Bonchev–Trinajstić information content (AvgIpc) is 2.90. The molecule has 0 saturated heterocycles. The first-order chi connectivity index (χ1) is 13.2. The Hall–Kier alpha value is -1.85. The van der Waals surface area contributed by atoms with Gasteiger partial charge in [-0.3, -0.25) is 14.5 Å². The fourth-order valence-electron chi connectivity index (χ4n) is 3.10. The molecule has 1 atom stereocenters. The molecule has 0 radical (unpaired) electrons. The maximum atomic E-state index is 13.0. The number of amides is 2. The van der Waals surface area contributed by atoms with Gasteiger partial charge in [-0.2, -0.15) is 5.26 Å². The van der Waals surface area contributed by atoms with Crippen LogP contribution >= 0.6 is 34.8 Å². The number of alkyl halides is 3. The molecule has 1 aliphatic rings. The first kappa shape index (κ1) is 22.4. The number of carbonyl (C=O) groups excluding carboxylic acids is 3. The fraction of sp³-hybridized carbons (Fsp3) is 0.444. The fourth-order valence-corrected chi connectivity index (χ4v) is 3.26. The number of rotatable bonds is 8. The van der Waals surface area contributed by atoms with Gasteiger partial charge in [0.15, 0.2) is 5.54 Å². The number of nitriles is 1. The molecule has 1 aliphatic heterocycles. The Labute approximate surface area is 177 Å². The first-order valence-electron chi connectivity index (χ1n) is 8.47. The second-order valence-electron chi connectivity index (χ2n) is 6.29. The average molecular weight is 447 g/mol. The van der Waals surface area contributed by atoms with Crippen LogP contribution in [0.5, 0.6) is 0 Å². The maximum Gasteiger partial charge on any atom is 0.333 e. The summed E-state index contributed by atoms with van der Waals surface area (Å²) >= 11 is 16.9. The van der Waals surface area contributed by atoms with Crippen LogP contribution in [-0.2, 0) is 9.53 Å². The predicted molar refractivity (Wildman–Crippen MR) is 104 cm³/mol. The van der Waals surface area contributed by atoms with E-state index >= 15 is 0 Å². The van der Waals surface area contributed by atoms with Gasteiger partial charge in [-0.05, 0) is 37.9 Å². The summed E-state index contributed by atoms with van der Waals surface area (Å²) in [6.45, 7) is -0.252. The number of imide groups is 1. The molecule has 1 unspecified atom stereocenters. The molecule has 1 aromatic rings. The summed E-state index contributed by atoms with van der Waals surface area (Å²) in [6, 6.07) is 8.06. The highest BCUT2D eigenvalue weighted by Crippen LogP contribution is 2.37. The molecule has 10 heteroatoms. The molecule has 1 aromatic carbocycles. The number of unbranched alkanes of at least 4 members (excludes halogenated alkanes) is 1. The first-order valence-corrected chi connectivity index (χ1v) is 9.60. The molecule has 28 heavy (non-hydrogen) atoms. The van der Waals surface area contributed by atoms with Crippen molar-refractivity contribution in [3.63, 3.8) is 0 Å². The zero-order valence-electron chi connectivity index (χ0n) is 14.8. The lowest BCUT2D eigenvalue weighted by atomic mass is 9.87. The smallest absolute Gasteiger partial charge is 0.333 e. The Kier molecular flexibility index (Phi) is 7.29. The number of ether oxygens (including phenoxy) is 1. The lowest BCUT2D eigenvalue weighted by Gasteiger charge is -2.37. The van der Waals surface area contributed by atoms with E-state index in [1.54, 1.807) is 12.1 Å². The Morgan fingerprint density at radius 2 is 1.71 bits per heavy atom. The van der Waals surface area contributed by atoms with E-state index in [0.717, 1.165) is 4.90 Å². The topological polar surface area (TPSA) is 113 Å². The number of carbonyl (C=O) groups is 3. The standard InChI is InChI=1S/C18H18Cl3N3O4/c19-18(20,21)11-28-16(27)17(8-10-23,7-3-4-9-22)24-14(25)12-5-1-2-6-13(12)15(24)26/h1-2,5-6H,3-4,7-9,11,22H2. The minimum Gasteiger partial charge on any atom is -0.459 e. The third-order valence-corrected chi connectivity index (χ3v) is 4.71. The van der Waals surface area contributed by atoms with Gasteiger partial charge in [0.25, 0.3) is 11.8 Å². The van der Waals surface area contributed by atoms with E-state index in [9.17, 15) is 19.6 Å². The van der Waals surface area contributed by atoms with E-state index in [2.05, 4.69) is 0 Å². The molecule has 2 amide bonds. The number of nitrogens with zero attached hydrogens (tertiary/aromatic N) is 2. The molecule has 0 fully saturated rings. The van der Waals surface area contributed by atoms with Crippen molar-refractivity contribution >= 4 is 52.6 Å². The highest BCUT2D eigenvalue weighted by Gasteiger charge is 2.54. The minimum absolute atomic E-state index is 0.00190. The van der Waals surface area contributed by atoms with E-state index in [1.165, 1.54) is 12.1 Å². The molecule has 0 aromatic heterocycles. The SMILES string of the molecule is N#CCC(CCCCN)(C(=O)OCC(Cl)(Cl)Cl)N1C(=O)c2ccccc2C1=O. The van der Waals surface area contributed by atoms with E-state index in [0.29, 0.717) is 19.4 Å². The van der Waals surface area contributed by atoms with Crippen molar-refractivity contribution in [3.8, 4) is 6.07 Å². The van der Waals surface area contributed by atoms with Crippen LogP contribution in [0, 0.1) is 11.3 Å². The van der Waals surface area contributed by atoms with Gasteiger partial charge in [0.2, 0.25) is 3.79 Å². The summed E-state index contributed by atoms with van der Waals surface area (Å²) < 4.78 is 3.22. The monoisotopic (exact) mass is 445 g/mol. The van der Waals surface area contributed by atoms with Gasteiger partial charge in [0, 0.05) is 0 Å². The summed E-state index contributed by atoms with van der Waals surface area (Å²) in [4.78, 5) is 39.7. The normalized spacial score (nSPS) is 15.8. The van der Waals surface area contributed by atoms with Crippen LogP contribution in [0.3, 0.4) is 0 Å². The van der Waals surface area contributed by atoms with Gasteiger partial charge in [-0.15, -0.1) is 0 Å². The highest BCUT2D eigenvalue weighted by molar-refractivity contribution is 6.67. The second kappa shape index (κ2) is 9.10. The summed E-state index contributed by atoms with van der Waals surface area (Å²) in [5.41, 5.74) is 3.99. The zero-order valence-corrected chi connectivity index (χ0v) is 17.1. The van der Waals surface area contributed by atoms with Gasteiger partial charge in [0.05, 0.1) is 23.6 Å².